The van der Waals surface area contributed by atoms with Crippen molar-refractivity contribution < 1.29 is 33.1 Å². The van der Waals surface area contributed by atoms with Crippen LogP contribution in [0.2, 0.25) is 0 Å². The van der Waals surface area contributed by atoms with Crippen molar-refractivity contribution >= 4 is 15.1 Å². The molecule has 5 heteroatoms. The van der Waals surface area contributed by atoms with Gasteiger partial charge in [-0.2, -0.15) is 0 Å². The molecular weight excluding hydrogens is 262 g/mol. The summed E-state index contributed by atoms with van der Waals surface area (Å²) in [5.74, 6) is 0. The third kappa shape index (κ3) is 9.86. The molecule has 0 aromatic carbocycles. The van der Waals surface area contributed by atoms with Crippen LogP contribution in [0.4, 0.5) is 0 Å². The Morgan fingerprint density at radius 3 is 1.05 bits per heavy atom. The SMILES string of the molecule is CCC(C)(C)[O][Al]([O]C(C)(C)CC)[O]C(C)(C)CC.[H-].[HH].[Li+]. The van der Waals surface area contributed by atoms with Gasteiger partial charge < -0.3 is 12.8 Å². The fraction of sp³-hybridized carbons (Fsp3) is 1.00. The van der Waals surface area contributed by atoms with E-state index in [1.807, 2.05) is 0 Å². The summed E-state index contributed by atoms with van der Waals surface area (Å²) >= 11 is -2.16. The first kappa shape index (κ1) is 23.3. The summed E-state index contributed by atoms with van der Waals surface area (Å²) in [7, 11) is 0. The van der Waals surface area contributed by atoms with Crippen LogP contribution in [0.15, 0.2) is 0 Å². The van der Waals surface area contributed by atoms with E-state index in [0.717, 1.165) is 19.3 Å². The van der Waals surface area contributed by atoms with Crippen LogP contribution >= 0.6 is 0 Å². The summed E-state index contributed by atoms with van der Waals surface area (Å²) in [5.41, 5.74) is -0.570. The van der Waals surface area contributed by atoms with Gasteiger partial charge in [0.05, 0.1) is 0 Å². The molecule has 0 saturated heterocycles. The standard InChI is InChI=1S/3C5H11O.Al.Li.H2.H/c3*1-4-5(2,3)6;;;;/h3*4H2,1-3H3;;;1H;/q3*-1;+3;+1;;-1. The summed E-state index contributed by atoms with van der Waals surface area (Å²) in [4.78, 5) is 0. The average molecular weight is 298 g/mol. The van der Waals surface area contributed by atoms with E-state index in [1.165, 1.54) is 0 Å². The topological polar surface area (TPSA) is 27.7 Å². The van der Waals surface area contributed by atoms with Gasteiger partial charge >= 0.3 is 34.0 Å². The van der Waals surface area contributed by atoms with Crippen molar-refractivity contribution in [3.8, 4) is 0 Å². The van der Waals surface area contributed by atoms with Crippen LogP contribution in [0.5, 0.6) is 0 Å². The van der Waals surface area contributed by atoms with E-state index in [2.05, 4.69) is 62.3 Å². The van der Waals surface area contributed by atoms with Gasteiger partial charge in [0.2, 0.25) is 0 Å². The van der Waals surface area contributed by atoms with E-state index in [4.69, 9.17) is 11.4 Å². The predicted molar refractivity (Wildman–Crippen MR) is 85.3 cm³/mol. The molecule has 0 aliphatic rings. The maximum Gasteiger partial charge on any atom is 1.00 e. The van der Waals surface area contributed by atoms with Gasteiger partial charge in [0, 0.05) is 18.2 Å². The zero-order valence-electron chi connectivity index (χ0n) is 16.4. The Bertz CT molecular complexity index is 235. The molecular formula is C15H36AlLiO3. The normalized spacial score (nSPS) is 13.1. The van der Waals surface area contributed by atoms with Gasteiger partial charge in [0.15, 0.2) is 0 Å². The first-order chi connectivity index (χ1) is 8.47. The molecule has 3 nitrogen and oxygen atoms in total. The van der Waals surface area contributed by atoms with Crippen molar-refractivity contribution in [3.05, 3.63) is 0 Å². The second-order valence-corrected chi connectivity index (χ2v) is 8.27. The van der Waals surface area contributed by atoms with Crippen LogP contribution in [0.1, 0.15) is 84.4 Å². The van der Waals surface area contributed by atoms with Crippen LogP contribution < -0.4 is 18.9 Å². The first-order valence-electron chi connectivity index (χ1n) is 7.50. The van der Waals surface area contributed by atoms with E-state index in [9.17, 15) is 0 Å². The van der Waals surface area contributed by atoms with Crippen molar-refractivity contribution in [3.63, 3.8) is 0 Å². The van der Waals surface area contributed by atoms with Crippen molar-refractivity contribution in [1.29, 1.82) is 0 Å². The largest absolute Gasteiger partial charge is 1.00 e. The van der Waals surface area contributed by atoms with Gasteiger partial charge in [0.25, 0.3) is 0 Å². The molecule has 0 atom stereocenters. The molecule has 0 rings (SSSR count). The molecule has 0 amide bonds. The minimum absolute atomic E-state index is 0. The molecule has 118 valence electrons. The zero-order valence-corrected chi connectivity index (χ0v) is 16.6. The van der Waals surface area contributed by atoms with E-state index in [0.29, 0.717) is 0 Å². The van der Waals surface area contributed by atoms with Gasteiger partial charge in [-0.25, -0.2) is 0 Å². The van der Waals surface area contributed by atoms with Crippen LogP contribution in [-0.2, 0) is 11.4 Å². The minimum Gasteiger partial charge on any atom is -1.00 e. The molecule has 20 heavy (non-hydrogen) atoms. The number of rotatable bonds is 9. The van der Waals surface area contributed by atoms with Gasteiger partial charge in [-0.3, -0.25) is 0 Å². The van der Waals surface area contributed by atoms with E-state index in [-0.39, 0.29) is 38.5 Å². The molecule has 0 spiro atoms. The molecule has 0 aliphatic heterocycles. The quantitative estimate of drug-likeness (QED) is 0.609. The van der Waals surface area contributed by atoms with Crippen LogP contribution in [0, 0.1) is 0 Å². The van der Waals surface area contributed by atoms with Gasteiger partial charge in [-0.05, 0) is 60.8 Å². The van der Waals surface area contributed by atoms with Gasteiger partial charge in [-0.15, -0.1) is 0 Å². The molecule has 0 aliphatic carbocycles. The summed E-state index contributed by atoms with van der Waals surface area (Å²) in [5, 5.41) is 0. The van der Waals surface area contributed by atoms with Crippen molar-refractivity contribution in [1.82, 2.24) is 0 Å². The molecule has 0 bridgehead atoms. The first-order valence-corrected chi connectivity index (χ1v) is 8.92. The van der Waals surface area contributed by atoms with E-state index in [1.54, 1.807) is 0 Å². The fourth-order valence-electron chi connectivity index (χ4n) is 1.10. The Kier molecular flexibility index (Phi) is 10.7. The Morgan fingerprint density at radius 1 is 0.700 bits per heavy atom. The third-order valence-electron chi connectivity index (χ3n) is 3.80. The smallest absolute Gasteiger partial charge is 1.00 e. The van der Waals surface area contributed by atoms with E-state index >= 15 is 0 Å². The minimum atomic E-state index is -2.16. The van der Waals surface area contributed by atoms with Crippen LogP contribution in [0.25, 0.3) is 0 Å². The molecule has 0 heterocycles. The summed E-state index contributed by atoms with van der Waals surface area (Å²) in [6.45, 7) is 18.9. The summed E-state index contributed by atoms with van der Waals surface area (Å²) < 4.78 is 18.5. The number of hydrogen-bond acceptors (Lipinski definition) is 3. The second kappa shape index (κ2) is 9.22. The Balaban J connectivity index is -0.000000540. The molecule has 0 radical (unpaired) electrons. The molecule has 0 unspecified atom stereocenters. The maximum absolute atomic E-state index is 6.16. The predicted octanol–water partition coefficient (Wildman–Crippen LogP) is 1.95. The fourth-order valence-corrected chi connectivity index (χ4v) is 3.31. The van der Waals surface area contributed by atoms with Gasteiger partial charge in [-0.1, -0.05) is 20.8 Å². The maximum atomic E-state index is 6.16. The molecule has 0 saturated carbocycles. The van der Waals surface area contributed by atoms with Crippen molar-refractivity contribution in [2.75, 3.05) is 0 Å². The van der Waals surface area contributed by atoms with Crippen molar-refractivity contribution in [2.24, 2.45) is 0 Å². The summed E-state index contributed by atoms with van der Waals surface area (Å²) in [6.07, 6.45) is 2.84. The van der Waals surface area contributed by atoms with Crippen LogP contribution in [0.3, 0.4) is 0 Å². The third-order valence-corrected chi connectivity index (χ3v) is 6.29. The van der Waals surface area contributed by atoms with E-state index < -0.39 is 15.1 Å². The average Bonchev–Trinajstić information content (AvgIpc) is 2.27. The monoisotopic (exact) mass is 298 g/mol. The van der Waals surface area contributed by atoms with Crippen molar-refractivity contribution in [2.45, 2.75) is 98.4 Å². The molecule has 0 aromatic rings. The van der Waals surface area contributed by atoms with Crippen LogP contribution in [-0.4, -0.2) is 32.0 Å². The molecule has 0 N–H and O–H groups in total. The number of hydrogen-bond donors (Lipinski definition) is 0. The second-order valence-electron chi connectivity index (χ2n) is 6.98. The Morgan fingerprint density at radius 2 is 0.900 bits per heavy atom. The molecule has 0 fully saturated rings. The summed E-state index contributed by atoms with van der Waals surface area (Å²) in [6, 6.07) is 0. The zero-order chi connectivity index (χ0) is 15.3. The van der Waals surface area contributed by atoms with Gasteiger partial charge in [0.1, 0.15) is 0 Å². The Hall–Kier alpha value is 1.01. The molecule has 0 aromatic heterocycles. The Labute approximate surface area is 146 Å².